The average Bonchev–Trinajstić information content (AvgIpc) is 3.53. The molecule has 2 aromatic heterocycles. The lowest BCUT2D eigenvalue weighted by Crippen LogP contribution is -2.38. The van der Waals surface area contributed by atoms with Crippen molar-refractivity contribution in [2.45, 2.75) is 64.0 Å². The van der Waals surface area contributed by atoms with Crippen molar-refractivity contribution in [1.29, 1.82) is 0 Å². The summed E-state index contributed by atoms with van der Waals surface area (Å²) in [4.78, 5) is 45.8. The van der Waals surface area contributed by atoms with E-state index in [0.29, 0.717) is 16.7 Å². The van der Waals surface area contributed by atoms with Crippen LogP contribution in [0.1, 0.15) is 99.5 Å². The number of nitrogens with zero attached hydrogens (tertiary/aromatic N) is 2. The third kappa shape index (κ3) is 5.81. The molecule has 3 aromatic carbocycles. The molecule has 49 heavy (non-hydrogen) atoms. The Bertz CT molecular complexity index is 2140. The van der Waals surface area contributed by atoms with E-state index < -0.39 is 46.8 Å². The van der Waals surface area contributed by atoms with Gasteiger partial charge >= 0.3 is 0 Å². The SMILES string of the molecule is Cc1c(C(=O)N[C@H](c2cccc(F)c2)C2CCC2)c2c([C@@H](c3cccc(F)c3C(N)=O)C3CCC3)ccc(F)c2c(=O)n1Cc1ncco1. The van der Waals surface area contributed by atoms with Crippen LogP contribution >= 0.6 is 0 Å². The third-order valence-electron chi connectivity index (χ3n) is 10.4. The molecule has 2 fully saturated rings. The van der Waals surface area contributed by atoms with Crippen molar-refractivity contribution < 1.29 is 27.2 Å². The number of aromatic nitrogens is 2. The zero-order valence-electron chi connectivity index (χ0n) is 26.8. The summed E-state index contributed by atoms with van der Waals surface area (Å²) in [6, 6.07) is 12.5. The van der Waals surface area contributed by atoms with E-state index in [1.165, 1.54) is 47.4 Å². The van der Waals surface area contributed by atoms with E-state index in [0.717, 1.165) is 44.6 Å². The van der Waals surface area contributed by atoms with Crippen LogP contribution in [0, 0.1) is 36.2 Å². The molecule has 2 aliphatic rings. The summed E-state index contributed by atoms with van der Waals surface area (Å²) in [6.07, 6.45) is 7.71. The van der Waals surface area contributed by atoms with Crippen molar-refractivity contribution in [1.82, 2.24) is 14.9 Å². The van der Waals surface area contributed by atoms with Gasteiger partial charge in [0.1, 0.15) is 30.3 Å². The predicted molar refractivity (Wildman–Crippen MR) is 177 cm³/mol. The Morgan fingerprint density at radius 1 is 0.939 bits per heavy atom. The van der Waals surface area contributed by atoms with Crippen molar-refractivity contribution in [3.8, 4) is 0 Å². The number of halogens is 3. The van der Waals surface area contributed by atoms with E-state index in [4.69, 9.17) is 10.2 Å². The van der Waals surface area contributed by atoms with E-state index in [1.54, 1.807) is 25.1 Å². The highest BCUT2D eigenvalue weighted by Gasteiger charge is 2.37. The molecule has 8 nitrogen and oxygen atoms in total. The lowest BCUT2D eigenvalue weighted by Gasteiger charge is -2.37. The van der Waals surface area contributed by atoms with Crippen LogP contribution in [0.5, 0.6) is 0 Å². The van der Waals surface area contributed by atoms with Gasteiger partial charge in [0, 0.05) is 17.0 Å². The first kappa shape index (κ1) is 32.4. The Hall–Kier alpha value is -5.19. The molecule has 0 unspecified atom stereocenters. The number of carbonyl (C=O) groups excluding carboxylic acids is 2. The van der Waals surface area contributed by atoms with E-state index in [-0.39, 0.29) is 51.9 Å². The fourth-order valence-corrected chi connectivity index (χ4v) is 7.54. The number of rotatable bonds is 10. The predicted octanol–water partition coefficient (Wildman–Crippen LogP) is 7.07. The van der Waals surface area contributed by atoms with Crippen LogP contribution in [-0.2, 0) is 6.54 Å². The summed E-state index contributed by atoms with van der Waals surface area (Å²) < 4.78 is 52.4. The van der Waals surface area contributed by atoms with Gasteiger partial charge in [0.05, 0.1) is 28.8 Å². The topological polar surface area (TPSA) is 120 Å². The first-order valence-electron chi connectivity index (χ1n) is 16.5. The molecule has 0 radical (unpaired) electrons. The number of nitrogens with one attached hydrogen (secondary N) is 1. The van der Waals surface area contributed by atoms with Crippen molar-refractivity contribution >= 4 is 22.6 Å². The van der Waals surface area contributed by atoms with Crippen LogP contribution in [0.15, 0.2) is 76.3 Å². The first-order valence-corrected chi connectivity index (χ1v) is 16.5. The van der Waals surface area contributed by atoms with Crippen LogP contribution < -0.4 is 16.6 Å². The minimum absolute atomic E-state index is 0.0396. The molecule has 2 atom stereocenters. The molecule has 3 N–H and O–H groups in total. The zero-order valence-corrected chi connectivity index (χ0v) is 26.8. The normalized spacial score (nSPS) is 16.2. The molecule has 0 bridgehead atoms. The van der Waals surface area contributed by atoms with Gasteiger partial charge in [-0.1, -0.05) is 43.2 Å². The molecule has 0 aliphatic heterocycles. The summed E-state index contributed by atoms with van der Waals surface area (Å²) >= 11 is 0. The summed E-state index contributed by atoms with van der Waals surface area (Å²) in [5.41, 5.74) is 6.31. The molecular weight excluding hydrogens is 633 g/mol. The number of hydrogen-bond acceptors (Lipinski definition) is 5. The Kier molecular flexibility index (Phi) is 8.60. The quantitative estimate of drug-likeness (QED) is 0.165. The van der Waals surface area contributed by atoms with Gasteiger partial charge in [-0.25, -0.2) is 18.2 Å². The fourth-order valence-electron chi connectivity index (χ4n) is 7.54. The highest BCUT2D eigenvalue weighted by atomic mass is 19.1. The smallest absolute Gasteiger partial charge is 0.262 e. The number of primary amides is 1. The van der Waals surface area contributed by atoms with E-state index in [9.17, 15) is 18.8 Å². The standard InChI is InChI=1S/C38H35F3N4O4/c1-20-30(37(47)44-35(22-8-3-9-22)23-10-4-11-24(39)18-23)33-26(14-15-28(41)34(33)38(48)45(20)19-29-43-16-17-49-29)31(21-6-2-7-21)25-12-5-13-27(40)32(25)36(42)46/h4-5,10-18,21-22,31,35H,2-3,6-9,19H2,1H3,(H2,42,46)(H,44,47)/t31-,35+/m1/s1. The number of pyridine rings is 1. The van der Waals surface area contributed by atoms with E-state index in [2.05, 4.69) is 10.3 Å². The van der Waals surface area contributed by atoms with Gasteiger partial charge in [-0.3, -0.25) is 14.4 Å². The second kappa shape index (κ2) is 13.0. The number of fused-ring (bicyclic) bond motifs is 1. The minimum Gasteiger partial charge on any atom is -0.447 e. The molecule has 11 heteroatoms. The summed E-state index contributed by atoms with van der Waals surface area (Å²) in [7, 11) is 0. The summed E-state index contributed by atoms with van der Waals surface area (Å²) in [5, 5.41) is 2.87. The zero-order chi connectivity index (χ0) is 34.4. The Labute approximate surface area is 280 Å². The molecule has 2 aliphatic carbocycles. The average molecular weight is 669 g/mol. The highest BCUT2D eigenvalue weighted by molar-refractivity contribution is 6.09. The largest absolute Gasteiger partial charge is 0.447 e. The number of amides is 2. The van der Waals surface area contributed by atoms with E-state index in [1.807, 2.05) is 0 Å². The van der Waals surface area contributed by atoms with Crippen molar-refractivity contribution in [3.63, 3.8) is 0 Å². The summed E-state index contributed by atoms with van der Waals surface area (Å²) in [5.74, 6) is -4.18. The molecule has 5 aromatic rings. The van der Waals surface area contributed by atoms with Gasteiger partial charge in [-0.05, 0) is 85.4 Å². The van der Waals surface area contributed by atoms with Crippen LogP contribution in [-0.4, -0.2) is 21.4 Å². The van der Waals surface area contributed by atoms with Crippen molar-refractivity contribution in [2.75, 3.05) is 0 Å². The number of hydrogen-bond donors (Lipinski definition) is 2. The maximum atomic E-state index is 16.1. The highest BCUT2D eigenvalue weighted by Crippen LogP contribution is 2.47. The maximum Gasteiger partial charge on any atom is 0.262 e. The number of carbonyl (C=O) groups is 2. The maximum absolute atomic E-state index is 16.1. The van der Waals surface area contributed by atoms with Gasteiger partial charge in [0.15, 0.2) is 0 Å². The number of oxazole rings is 1. The third-order valence-corrected chi connectivity index (χ3v) is 10.4. The molecule has 2 saturated carbocycles. The van der Waals surface area contributed by atoms with Gasteiger partial charge < -0.3 is 20.0 Å². The molecule has 0 spiro atoms. The Morgan fingerprint density at radius 3 is 2.31 bits per heavy atom. The first-order chi connectivity index (χ1) is 23.6. The van der Waals surface area contributed by atoms with Crippen LogP contribution in [0.3, 0.4) is 0 Å². The lowest BCUT2D eigenvalue weighted by molar-refractivity contribution is 0.0899. The molecule has 2 amide bonds. The van der Waals surface area contributed by atoms with Gasteiger partial charge in [0.2, 0.25) is 5.89 Å². The monoisotopic (exact) mass is 668 g/mol. The molecular formula is C38H35F3N4O4. The Balaban J connectivity index is 1.49. The van der Waals surface area contributed by atoms with Crippen molar-refractivity contribution in [2.24, 2.45) is 17.6 Å². The number of benzene rings is 3. The molecule has 2 heterocycles. The van der Waals surface area contributed by atoms with Crippen LogP contribution in [0.2, 0.25) is 0 Å². The van der Waals surface area contributed by atoms with Gasteiger partial charge in [0.25, 0.3) is 17.4 Å². The van der Waals surface area contributed by atoms with Crippen LogP contribution in [0.4, 0.5) is 13.2 Å². The summed E-state index contributed by atoms with van der Waals surface area (Å²) in [6.45, 7) is 1.43. The second-order valence-corrected chi connectivity index (χ2v) is 13.1. The fraction of sp³-hybridized carbons (Fsp3) is 0.316. The second-order valence-electron chi connectivity index (χ2n) is 13.1. The molecule has 0 saturated heterocycles. The minimum atomic E-state index is -0.954. The Morgan fingerprint density at radius 2 is 1.67 bits per heavy atom. The number of nitrogens with two attached hydrogens (primary N) is 1. The lowest BCUT2D eigenvalue weighted by atomic mass is 9.68. The van der Waals surface area contributed by atoms with E-state index >= 15 is 8.78 Å². The van der Waals surface area contributed by atoms with Crippen LogP contribution in [0.25, 0.3) is 10.8 Å². The van der Waals surface area contributed by atoms with Gasteiger partial charge in [-0.2, -0.15) is 0 Å². The van der Waals surface area contributed by atoms with Crippen molar-refractivity contribution in [3.05, 3.63) is 134 Å². The van der Waals surface area contributed by atoms with Gasteiger partial charge in [-0.15, -0.1) is 0 Å². The molecule has 252 valence electrons. The molecule has 7 rings (SSSR count).